The third-order valence-corrected chi connectivity index (χ3v) is 10.9. The Hall–Kier alpha value is -4.00. The van der Waals surface area contributed by atoms with Crippen molar-refractivity contribution in [2.24, 2.45) is 11.8 Å². The fourth-order valence-corrected chi connectivity index (χ4v) is 8.27. The molecule has 1 N–H and O–H groups in total. The minimum Gasteiger partial charge on any atom is -0.497 e. The first-order chi connectivity index (χ1) is 23.6. The molecule has 4 heterocycles. The van der Waals surface area contributed by atoms with Gasteiger partial charge < -0.3 is 34.0 Å². The van der Waals surface area contributed by atoms with Crippen LogP contribution in [-0.4, -0.2) is 96.2 Å². The van der Waals surface area contributed by atoms with Gasteiger partial charge in [-0.1, -0.05) is 58.4 Å². The molecule has 2 saturated heterocycles. The van der Waals surface area contributed by atoms with E-state index in [1.165, 1.54) is 4.90 Å². The summed E-state index contributed by atoms with van der Waals surface area (Å²) < 4.78 is 18.9. The summed E-state index contributed by atoms with van der Waals surface area (Å²) in [6, 6.07) is 14.7. The minimum atomic E-state index is -1.44. The van der Waals surface area contributed by atoms with Crippen LogP contribution in [0.2, 0.25) is 0 Å². The number of nitrogens with zero attached hydrogens (tertiary/aromatic N) is 3. The predicted octanol–water partition coefficient (Wildman–Crippen LogP) is 4.16. The van der Waals surface area contributed by atoms with E-state index >= 15 is 0 Å². The molecule has 0 radical (unpaired) electrons. The standard InChI is InChI=1S/C37H42BrN3O8/c1-23-31(24-12-6-4-7-13-24)48-36(46)29-30-34(44)41(20-10-11-21-42)33(37(30)22-27(38)32(29)49-37)35(45)40(25-15-17-26(47-3)18-16-25)19-9-5-8-14-28(43)39(23)2/h4-7,9,12-13,15-18,22-23,29-33,42H,8,10-11,14,19-21H2,1-3H3/b9-5-/t23-,29+,30-,31+,32+,33+,37-/m0/s1. The van der Waals surface area contributed by atoms with Gasteiger partial charge in [0.05, 0.1) is 19.1 Å². The second-order valence-corrected chi connectivity index (χ2v) is 13.9. The van der Waals surface area contributed by atoms with E-state index in [9.17, 15) is 24.3 Å². The lowest BCUT2D eigenvalue weighted by Crippen LogP contribution is -2.56. The van der Waals surface area contributed by atoms with Crippen LogP contribution in [0, 0.1) is 11.8 Å². The second-order valence-electron chi connectivity index (χ2n) is 13.0. The SMILES string of the molecule is COc1ccc(N2C/C=C\CCC(=O)N(C)[C@@H](C)[C@H](c3ccccc3)OC(=O)[C@H]3[C@@H]4O[C@@]5(C=C4Br)[C@@H]3C(=O)N(CCCCO)[C@@H]5C2=O)cc1. The largest absolute Gasteiger partial charge is 0.497 e. The maximum absolute atomic E-state index is 14.9. The summed E-state index contributed by atoms with van der Waals surface area (Å²) in [5, 5.41) is 9.56. The number of halogens is 1. The molecule has 6 rings (SSSR count). The summed E-state index contributed by atoms with van der Waals surface area (Å²) in [4.78, 5) is 62.0. The highest BCUT2D eigenvalue weighted by atomic mass is 79.9. The Morgan fingerprint density at radius 2 is 1.71 bits per heavy atom. The van der Waals surface area contributed by atoms with Crippen LogP contribution in [0.15, 0.2) is 77.3 Å². The number of unbranched alkanes of at least 4 members (excludes halogenated alkanes) is 1. The lowest BCUT2D eigenvalue weighted by Gasteiger charge is -2.36. The number of cyclic esters (lactones) is 1. The molecule has 3 amide bonds. The first kappa shape index (κ1) is 34.8. The van der Waals surface area contributed by atoms with Gasteiger partial charge in [0.25, 0.3) is 5.91 Å². The number of methoxy groups -OCH3 is 1. The van der Waals surface area contributed by atoms with Crippen LogP contribution in [0.25, 0.3) is 0 Å². The normalized spacial score (nSPS) is 31.1. The Kier molecular flexibility index (Phi) is 10.3. The first-order valence-corrected chi connectivity index (χ1v) is 17.5. The molecule has 4 aliphatic rings. The van der Waals surface area contributed by atoms with Gasteiger partial charge in [0.2, 0.25) is 11.8 Å². The van der Waals surface area contributed by atoms with Gasteiger partial charge in [0.1, 0.15) is 35.5 Å². The number of carbonyl (C=O) groups excluding carboxylic acids is 4. The fourth-order valence-electron chi connectivity index (χ4n) is 7.53. The number of amides is 3. The monoisotopic (exact) mass is 735 g/mol. The molecular weight excluding hydrogens is 694 g/mol. The third kappa shape index (κ3) is 6.30. The smallest absolute Gasteiger partial charge is 0.313 e. The molecule has 0 unspecified atom stereocenters. The van der Waals surface area contributed by atoms with Gasteiger partial charge in [-0.25, -0.2) is 0 Å². The van der Waals surface area contributed by atoms with Crippen molar-refractivity contribution in [2.75, 3.05) is 38.8 Å². The molecule has 2 aromatic rings. The van der Waals surface area contributed by atoms with E-state index in [1.54, 1.807) is 54.3 Å². The number of ether oxygens (including phenoxy) is 3. The molecule has 0 aliphatic carbocycles. The molecule has 49 heavy (non-hydrogen) atoms. The average Bonchev–Trinajstić information content (AvgIpc) is 3.71. The first-order valence-electron chi connectivity index (χ1n) is 16.7. The highest BCUT2D eigenvalue weighted by molar-refractivity contribution is 9.11. The van der Waals surface area contributed by atoms with Gasteiger partial charge in [-0.15, -0.1) is 0 Å². The highest BCUT2D eigenvalue weighted by Gasteiger charge is 2.75. The summed E-state index contributed by atoms with van der Waals surface area (Å²) in [6.07, 6.45) is 5.37. The number of aliphatic hydroxyl groups excluding tert-OH is 1. The quantitative estimate of drug-likeness (QED) is 0.256. The number of likely N-dealkylation sites (N-methyl/N-ethyl adjacent to an activating group) is 1. The summed E-state index contributed by atoms with van der Waals surface area (Å²) in [5.74, 6) is -2.97. The van der Waals surface area contributed by atoms with Crippen molar-refractivity contribution in [1.82, 2.24) is 9.80 Å². The predicted molar refractivity (Wildman–Crippen MR) is 185 cm³/mol. The molecule has 260 valence electrons. The summed E-state index contributed by atoms with van der Waals surface area (Å²) in [6.45, 7) is 2.13. The lowest BCUT2D eigenvalue weighted by atomic mass is 9.74. The molecule has 1 spiro atoms. The van der Waals surface area contributed by atoms with Gasteiger partial charge in [-0.2, -0.15) is 0 Å². The highest BCUT2D eigenvalue weighted by Crippen LogP contribution is 2.59. The van der Waals surface area contributed by atoms with Crippen LogP contribution in [0.1, 0.15) is 44.3 Å². The number of fused-ring (bicyclic) bond motifs is 2. The molecular formula is C37H42BrN3O8. The van der Waals surface area contributed by atoms with E-state index in [0.717, 1.165) is 0 Å². The Balaban J connectivity index is 1.47. The number of hydrogen-bond donors (Lipinski definition) is 1. The summed E-state index contributed by atoms with van der Waals surface area (Å²) >= 11 is 3.61. The topological polar surface area (TPSA) is 126 Å². The maximum atomic E-state index is 14.9. The van der Waals surface area contributed by atoms with Crippen LogP contribution in [0.3, 0.4) is 0 Å². The fraction of sp³-hybridized carbons (Fsp3) is 0.459. The lowest BCUT2D eigenvalue weighted by molar-refractivity contribution is -0.164. The Labute approximate surface area is 294 Å². The summed E-state index contributed by atoms with van der Waals surface area (Å²) in [5.41, 5.74) is -0.150. The van der Waals surface area contributed by atoms with Crippen molar-refractivity contribution in [1.29, 1.82) is 0 Å². The Morgan fingerprint density at radius 1 is 0.980 bits per heavy atom. The van der Waals surface area contributed by atoms with Gasteiger partial charge in [0, 0.05) is 43.3 Å². The van der Waals surface area contributed by atoms with Crippen molar-refractivity contribution in [3.05, 3.63) is 82.9 Å². The zero-order valence-electron chi connectivity index (χ0n) is 27.9. The van der Waals surface area contributed by atoms with Gasteiger partial charge in [0.15, 0.2) is 0 Å². The molecule has 2 aromatic carbocycles. The molecule has 7 atom stereocenters. The Morgan fingerprint density at radius 3 is 2.41 bits per heavy atom. The molecule has 4 aliphatic heterocycles. The van der Waals surface area contributed by atoms with Gasteiger partial charge in [-0.05, 0) is 62.1 Å². The second kappa shape index (κ2) is 14.5. The number of carbonyl (C=O) groups is 4. The number of rotatable bonds is 7. The zero-order chi connectivity index (χ0) is 34.9. The van der Waals surface area contributed by atoms with Crippen LogP contribution in [0.5, 0.6) is 5.75 Å². The molecule has 0 aromatic heterocycles. The molecule has 0 saturated carbocycles. The van der Waals surface area contributed by atoms with E-state index in [1.807, 2.05) is 49.4 Å². The van der Waals surface area contributed by atoms with Crippen molar-refractivity contribution < 1.29 is 38.5 Å². The van der Waals surface area contributed by atoms with Crippen LogP contribution in [0.4, 0.5) is 5.69 Å². The number of benzene rings is 2. The number of anilines is 1. The van der Waals surface area contributed by atoms with Crippen molar-refractivity contribution in [3.8, 4) is 5.75 Å². The molecule has 5 bridgehead atoms. The van der Waals surface area contributed by atoms with Crippen molar-refractivity contribution >= 4 is 45.3 Å². The number of allylic oxidation sites excluding steroid dienone is 1. The van der Waals surface area contributed by atoms with Gasteiger partial charge >= 0.3 is 5.97 Å². The zero-order valence-corrected chi connectivity index (χ0v) is 29.5. The molecule has 12 heteroatoms. The maximum Gasteiger partial charge on any atom is 0.313 e. The number of likely N-dealkylation sites (tertiary alicyclic amines) is 1. The third-order valence-electron chi connectivity index (χ3n) is 10.2. The van der Waals surface area contributed by atoms with Crippen molar-refractivity contribution in [2.45, 2.75) is 62.5 Å². The number of aliphatic hydroxyl groups is 1. The van der Waals surface area contributed by atoms with E-state index in [2.05, 4.69) is 15.9 Å². The van der Waals surface area contributed by atoms with E-state index < -0.39 is 47.7 Å². The van der Waals surface area contributed by atoms with Crippen molar-refractivity contribution in [3.63, 3.8) is 0 Å². The van der Waals surface area contributed by atoms with Crippen LogP contribution >= 0.6 is 15.9 Å². The molecule has 11 nitrogen and oxygen atoms in total. The molecule has 2 fully saturated rings. The van der Waals surface area contributed by atoms with Gasteiger partial charge in [-0.3, -0.25) is 19.2 Å². The van der Waals surface area contributed by atoms with E-state index in [0.29, 0.717) is 40.7 Å². The summed E-state index contributed by atoms with van der Waals surface area (Å²) in [7, 11) is 3.26. The van der Waals surface area contributed by atoms with E-state index in [-0.39, 0.29) is 43.8 Å². The minimum absolute atomic E-state index is 0.0625. The number of esters is 1. The Bertz CT molecular complexity index is 1630. The van der Waals surface area contributed by atoms with Crippen LogP contribution in [-0.2, 0) is 28.7 Å². The number of hydrogen-bond acceptors (Lipinski definition) is 8. The average molecular weight is 737 g/mol. The van der Waals surface area contributed by atoms with E-state index in [4.69, 9.17) is 14.2 Å². The van der Waals surface area contributed by atoms with Crippen LogP contribution < -0.4 is 9.64 Å².